The number of carbonyl (C=O) groups excluding carboxylic acids is 1. The van der Waals surface area contributed by atoms with Gasteiger partial charge < -0.3 is 24.3 Å². The predicted octanol–water partition coefficient (Wildman–Crippen LogP) is 2.65. The molecule has 0 aliphatic carbocycles. The molecular weight excluding hydrogens is 434 g/mol. The number of halogens is 1. The first kappa shape index (κ1) is 22.7. The summed E-state index contributed by atoms with van der Waals surface area (Å²) in [6, 6.07) is 10.4. The number of aliphatic hydroxyl groups is 1. The Morgan fingerprint density at radius 3 is 3.03 bits per heavy atom. The van der Waals surface area contributed by atoms with Crippen molar-refractivity contribution in [3.63, 3.8) is 0 Å². The smallest absolute Gasteiger partial charge is 0.240 e. The lowest BCUT2D eigenvalue weighted by Crippen LogP contribution is -2.35. The Morgan fingerprint density at radius 1 is 1.34 bits per heavy atom. The van der Waals surface area contributed by atoms with Crippen LogP contribution >= 0.6 is 11.6 Å². The van der Waals surface area contributed by atoms with Crippen molar-refractivity contribution in [1.82, 2.24) is 24.9 Å². The summed E-state index contributed by atoms with van der Waals surface area (Å²) in [5, 5.41) is 16.8. The molecule has 1 saturated heterocycles. The lowest BCUT2D eigenvalue weighted by molar-refractivity contribution is -0.122. The second-order valence-electron chi connectivity index (χ2n) is 8.19. The van der Waals surface area contributed by atoms with Crippen LogP contribution in [0.15, 0.2) is 41.1 Å². The van der Waals surface area contributed by atoms with Gasteiger partial charge in [-0.25, -0.2) is 0 Å². The number of para-hydroxylation sites is 1. The molecule has 3 heterocycles. The van der Waals surface area contributed by atoms with Crippen molar-refractivity contribution in [1.29, 1.82) is 0 Å². The molecule has 3 atom stereocenters. The second kappa shape index (κ2) is 10.4. The van der Waals surface area contributed by atoms with Gasteiger partial charge in [0.2, 0.25) is 17.6 Å². The van der Waals surface area contributed by atoms with Gasteiger partial charge in [-0.15, -0.1) is 0 Å². The van der Waals surface area contributed by atoms with E-state index in [9.17, 15) is 4.79 Å². The monoisotopic (exact) mass is 461 g/mol. The predicted molar refractivity (Wildman–Crippen MR) is 119 cm³/mol. The van der Waals surface area contributed by atoms with E-state index in [0.29, 0.717) is 30.8 Å². The zero-order valence-electron chi connectivity index (χ0n) is 18.0. The third kappa shape index (κ3) is 5.66. The second-order valence-corrected chi connectivity index (χ2v) is 8.68. The fourth-order valence-corrected chi connectivity index (χ4v) is 4.38. The standard InChI is InChI=1S/C22H28ClN5O4/c1-27(14-24-20(30)7-9-29)13-21-25-22(26-32-21)18-10-15(11-19(23)31-18)12-28-8-6-16-4-2-3-5-17(16)28/h2-6,8,15,18-19,29H,7,9-14H2,1H3,(H,24,30). The van der Waals surface area contributed by atoms with Crippen molar-refractivity contribution in [3.05, 3.63) is 48.2 Å². The summed E-state index contributed by atoms with van der Waals surface area (Å²) < 4.78 is 13.6. The summed E-state index contributed by atoms with van der Waals surface area (Å²) in [5.74, 6) is 1.03. The number of hydrogen-bond donors (Lipinski definition) is 2. The van der Waals surface area contributed by atoms with E-state index in [2.05, 4.69) is 44.4 Å². The molecule has 32 heavy (non-hydrogen) atoms. The molecule has 0 bridgehead atoms. The van der Waals surface area contributed by atoms with Gasteiger partial charge in [0.15, 0.2) is 0 Å². The fraction of sp³-hybridized carbons (Fsp3) is 0.500. The number of hydrogen-bond acceptors (Lipinski definition) is 7. The van der Waals surface area contributed by atoms with Crippen molar-refractivity contribution >= 4 is 28.4 Å². The van der Waals surface area contributed by atoms with Crippen LogP contribution < -0.4 is 5.32 Å². The van der Waals surface area contributed by atoms with Gasteiger partial charge >= 0.3 is 0 Å². The van der Waals surface area contributed by atoms with Crippen molar-refractivity contribution in [2.75, 3.05) is 20.3 Å². The Kier molecular flexibility index (Phi) is 7.41. The van der Waals surface area contributed by atoms with Crippen LogP contribution in [-0.2, 0) is 22.6 Å². The molecule has 9 nitrogen and oxygen atoms in total. The summed E-state index contributed by atoms with van der Waals surface area (Å²) in [4.78, 5) is 17.8. The number of nitrogens with zero attached hydrogens (tertiary/aromatic N) is 4. The van der Waals surface area contributed by atoms with E-state index in [-0.39, 0.29) is 25.0 Å². The Morgan fingerprint density at radius 2 is 2.19 bits per heavy atom. The molecule has 0 saturated carbocycles. The summed E-state index contributed by atoms with van der Waals surface area (Å²) >= 11 is 6.42. The van der Waals surface area contributed by atoms with Crippen LogP contribution in [0, 0.1) is 5.92 Å². The number of alkyl halides is 1. The number of fused-ring (bicyclic) bond motifs is 1. The first-order chi connectivity index (χ1) is 15.5. The fourth-order valence-electron chi connectivity index (χ4n) is 4.01. The van der Waals surface area contributed by atoms with Crippen molar-refractivity contribution in [2.24, 2.45) is 5.92 Å². The molecule has 0 spiro atoms. The van der Waals surface area contributed by atoms with E-state index in [1.165, 1.54) is 10.9 Å². The van der Waals surface area contributed by atoms with Gasteiger partial charge in [-0.3, -0.25) is 9.69 Å². The van der Waals surface area contributed by atoms with Gasteiger partial charge in [0.25, 0.3) is 0 Å². The number of amides is 1. The first-order valence-electron chi connectivity index (χ1n) is 10.7. The van der Waals surface area contributed by atoms with Crippen LogP contribution in [0.2, 0.25) is 0 Å². The molecule has 1 aromatic carbocycles. The molecule has 1 fully saturated rings. The van der Waals surface area contributed by atoms with E-state index in [0.717, 1.165) is 19.4 Å². The summed E-state index contributed by atoms with van der Waals surface area (Å²) in [5.41, 5.74) is 0.796. The average molecular weight is 462 g/mol. The van der Waals surface area contributed by atoms with E-state index < -0.39 is 5.56 Å². The summed E-state index contributed by atoms with van der Waals surface area (Å²) in [6.45, 7) is 1.36. The molecule has 172 valence electrons. The molecule has 3 aromatic rings. The van der Waals surface area contributed by atoms with Crippen LogP contribution in [0.1, 0.15) is 37.1 Å². The molecule has 1 aliphatic rings. The third-order valence-electron chi connectivity index (χ3n) is 5.58. The molecule has 0 radical (unpaired) electrons. The zero-order chi connectivity index (χ0) is 22.5. The minimum Gasteiger partial charge on any atom is -0.396 e. The van der Waals surface area contributed by atoms with Crippen LogP contribution in [0.25, 0.3) is 10.9 Å². The largest absolute Gasteiger partial charge is 0.396 e. The molecule has 10 heteroatoms. The number of benzene rings is 1. The number of carbonyl (C=O) groups is 1. The highest BCUT2D eigenvalue weighted by Crippen LogP contribution is 2.36. The Labute approximate surface area is 191 Å². The van der Waals surface area contributed by atoms with E-state index in [1.54, 1.807) is 0 Å². The summed E-state index contributed by atoms with van der Waals surface area (Å²) in [7, 11) is 1.83. The van der Waals surface area contributed by atoms with Crippen molar-refractivity contribution in [2.45, 2.75) is 44.0 Å². The maximum atomic E-state index is 11.5. The zero-order valence-corrected chi connectivity index (χ0v) is 18.7. The van der Waals surface area contributed by atoms with E-state index in [4.69, 9.17) is 26.0 Å². The molecular formula is C22H28ClN5O4. The molecule has 1 aliphatic heterocycles. The number of aromatic nitrogens is 3. The van der Waals surface area contributed by atoms with Crippen LogP contribution in [0.3, 0.4) is 0 Å². The van der Waals surface area contributed by atoms with Crippen molar-refractivity contribution < 1.29 is 19.2 Å². The quantitative estimate of drug-likeness (QED) is 0.372. The topological polar surface area (TPSA) is 106 Å². The van der Waals surface area contributed by atoms with Gasteiger partial charge in [-0.2, -0.15) is 4.98 Å². The first-order valence-corrected chi connectivity index (χ1v) is 11.2. The molecule has 2 aromatic heterocycles. The van der Waals surface area contributed by atoms with Gasteiger partial charge in [0.05, 0.1) is 19.8 Å². The lowest BCUT2D eigenvalue weighted by atomic mass is 9.95. The van der Waals surface area contributed by atoms with E-state index in [1.807, 2.05) is 24.1 Å². The highest BCUT2D eigenvalue weighted by atomic mass is 35.5. The minimum atomic E-state index is -0.410. The molecule has 4 rings (SSSR count). The maximum Gasteiger partial charge on any atom is 0.240 e. The van der Waals surface area contributed by atoms with Gasteiger partial charge in [-0.05, 0) is 43.3 Å². The maximum absolute atomic E-state index is 11.5. The van der Waals surface area contributed by atoms with Crippen LogP contribution in [0.5, 0.6) is 0 Å². The van der Waals surface area contributed by atoms with Gasteiger partial charge in [0, 0.05) is 24.7 Å². The number of nitrogens with one attached hydrogen (secondary N) is 1. The number of rotatable bonds is 9. The average Bonchev–Trinajstić information content (AvgIpc) is 3.40. The van der Waals surface area contributed by atoms with Crippen LogP contribution in [0.4, 0.5) is 0 Å². The van der Waals surface area contributed by atoms with Crippen molar-refractivity contribution in [3.8, 4) is 0 Å². The normalized spacial score (nSPS) is 21.3. The highest BCUT2D eigenvalue weighted by Gasteiger charge is 2.32. The number of aliphatic hydroxyl groups excluding tert-OH is 1. The Hall–Kier alpha value is -2.46. The Bertz CT molecular complexity index is 1040. The van der Waals surface area contributed by atoms with Gasteiger partial charge in [-0.1, -0.05) is 35.0 Å². The lowest BCUT2D eigenvalue weighted by Gasteiger charge is -2.31. The highest BCUT2D eigenvalue weighted by molar-refractivity contribution is 6.19. The third-order valence-corrected chi connectivity index (χ3v) is 5.86. The molecule has 3 unspecified atom stereocenters. The van der Waals surface area contributed by atoms with Gasteiger partial charge in [0.1, 0.15) is 11.7 Å². The van der Waals surface area contributed by atoms with E-state index >= 15 is 0 Å². The Balaban J connectivity index is 1.35. The van der Waals surface area contributed by atoms with Crippen LogP contribution in [-0.4, -0.2) is 56.5 Å². The SMILES string of the molecule is CN(CNC(=O)CCO)Cc1nc(C2CC(Cn3ccc4ccccc43)CC(Cl)O2)no1. The number of ether oxygens (including phenoxy) is 1. The molecule has 2 N–H and O–H groups in total. The minimum absolute atomic E-state index is 0.0805. The summed E-state index contributed by atoms with van der Waals surface area (Å²) in [6.07, 6.45) is 3.37. The molecule has 1 amide bonds.